The van der Waals surface area contributed by atoms with Gasteiger partial charge < -0.3 is 9.84 Å². The van der Waals surface area contributed by atoms with E-state index in [4.69, 9.17) is 16.3 Å². The highest BCUT2D eigenvalue weighted by molar-refractivity contribution is 6.30. The van der Waals surface area contributed by atoms with E-state index < -0.39 is 6.10 Å². The maximum absolute atomic E-state index is 10.2. The van der Waals surface area contributed by atoms with Crippen LogP contribution < -0.4 is 9.22 Å². The number of hydrogen-bond acceptors (Lipinski definition) is 2. The smallest absolute Gasteiger partial charge is 0.137 e. The van der Waals surface area contributed by atoms with Gasteiger partial charge in [-0.15, -0.1) is 0 Å². The quantitative estimate of drug-likeness (QED) is 0.829. The summed E-state index contributed by atoms with van der Waals surface area (Å²) < 4.78 is 6.15. The van der Waals surface area contributed by atoms with Crippen LogP contribution in [0.4, 0.5) is 5.69 Å². The third-order valence-electron chi connectivity index (χ3n) is 3.38. The van der Waals surface area contributed by atoms with Crippen molar-refractivity contribution in [3.05, 3.63) is 59.6 Å². The Kier molecular flexibility index (Phi) is 5.23. The molecule has 2 aromatic carbocycles. The Morgan fingerprint density at radius 1 is 1.05 bits per heavy atom. The van der Waals surface area contributed by atoms with Gasteiger partial charge in [0.1, 0.15) is 30.7 Å². The van der Waals surface area contributed by atoms with Gasteiger partial charge in [0, 0.05) is 17.2 Å². The first-order valence-electron chi connectivity index (χ1n) is 6.92. The first-order valence-corrected chi connectivity index (χ1v) is 7.30. The van der Waals surface area contributed by atoms with Crippen LogP contribution >= 0.6 is 11.6 Å². The number of benzene rings is 2. The molecule has 2 aromatic rings. The predicted molar refractivity (Wildman–Crippen MR) is 87.9 cm³/mol. The monoisotopic (exact) mass is 306 g/mol. The van der Waals surface area contributed by atoms with Crippen molar-refractivity contribution < 1.29 is 9.84 Å². The Hall–Kier alpha value is -1.55. The van der Waals surface area contributed by atoms with Crippen molar-refractivity contribution in [1.82, 2.24) is 4.48 Å². The van der Waals surface area contributed by atoms with E-state index in [0.717, 1.165) is 11.4 Å². The van der Waals surface area contributed by atoms with Crippen molar-refractivity contribution >= 4 is 17.3 Å². The number of halogens is 1. The number of nitrogens with zero attached hydrogens (tertiary/aromatic N) is 1. The summed E-state index contributed by atoms with van der Waals surface area (Å²) in [6.07, 6.45) is -0.545. The van der Waals surface area contributed by atoms with Gasteiger partial charge in [0.2, 0.25) is 0 Å². The Morgan fingerprint density at radius 3 is 2.29 bits per heavy atom. The fraction of sp³-hybridized carbons (Fsp3) is 0.294. The number of ether oxygens (including phenoxy) is 1. The van der Waals surface area contributed by atoms with Crippen LogP contribution in [0.3, 0.4) is 0 Å². The van der Waals surface area contributed by atoms with Crippen molar-refractivity contribution in [1.29, 1.82) is 0 Å². The van der Waals surface area contributed by atoms with E-state index >= 15 is 0 Å². The summed E-state index contributed by atoms with van der Waals surface area (Å²) in [6, 6.07) is 17.2. The van der Waals surface area contributed by atoms with Crippen LogP contribution in [0.2, 0.25) is 5.02 Å². The van der Waals surface area contributed by atoms with Gasteiger partial charge in [-0.2, -0.15) is 0 Å². The molecule has 0 fully saturated rings. The van der Waals surface area contributed by atoms with Crippen molar-refractivity contribution in [3.63, 3.8) is 0 Å². The molecule has 0 aliphatic heterocycles. The lowest BCUT2D eigenvalue weighted by atomic mass is 10.2. The summed E-state index contributed by atoms with van der Waals surface area (Å²) in [5.74, 6) is 0.772. The van der Waals surface area contributed by atoms with Crippen LogP contribution in [-0.4, -0.2) is 38.5 Å². The van der Waals surface area contributed by atoms with Crippen LogP contribution in [-0.2, 0) is 0 Å². The highest BCUT2D eigenvalue weighted by Crippen LogP contribution is 2.22. The van der Waals surface area contributed by atoms with Crippen LogP contribution in [0, 0.1) is 0 Å². The van der Waals surface area contributed by atoms with Gasteiger partial charge in [0.05, 0.1) is 14.1 Å². The van der Waals surface area contributed by atoms with E-state index in [2.05, 4.69) is 14.1 Å². The first kappa shape index (κ1) is 15.8. The zero-order valence-corrected chi connectivity index (χ0v) is 13.1. The van der Waals surface area contributed by atoms with Gasteiger partial charge in [-0.1, -0.05) is 29.8 Å². The maximum atomic E-state index is 10.2. The van der Waals surface area contributed by atoms with Gasteiger partial charge in [-0.25, -0.2) is 0 Å². The van der Waals surface area contributed by atoms with Gasteiger partial charge in [-0.05, 0) is 24.3 Å². The number of quaternary nitrogens is 1. The fourth-order valence-corrected chi connectivity index (χ4v) is 2.36. The van der Waals surface area contributed by atoms with Crippen molar-refractivity contribution in [2.75, 3.05) is 27.2 Å². The molecule has 0 amide bonds. The standard InChI is InChI=1S/C17H21ClNO2/c1-19(2,15-10-8-14(18)9-11-15)12-16(20)13-21-17-6-4-3-5-7-17/h3-11,16,20H,12-13H2,1-2H3/q+1. The molecule has 0 saturated heterocycles. The molecule has 1 atom stereocenters. The zero-order valence-electron chi connectivity index (χ0n) is 12.4. The lowest BCUT2D eigenvalue weighted by Gasteiger charge is -2.31. The molecular formula is C17H21ClNO2+. The molecule has 0 aromatic heterocycles. The topological polar surface area (TPSA) is 29.5 Å². The molecule has 3 nitrogen and oxygen atoms in total. The normalized spacial score (nSPS) is 13.0. The average Bonchev–Trinajstić information content (AvgIpc) is 2.46. The minimum absolute atomic E-state index is 0.277. The number of aliphatic hydroxyl groups is 1. The molecule has 2 rings (SSSR count). The number of para-hydroxylation sites is 1. The average molecular weight is 307 g/mol. The largest absolute Gasteiger partial charge is 0.491 e. The van der Waals surface area contributed by atoms with Gasteiger partial charge in [0.25, 0.3) is 0 Å². The molecule has 4 heteroatoms. The minimum Gasteiger partial charge on any atom is -0.491 e. The van der Waals surface area contributed by atoms with Crippen molar-refractivity contribution in [2.45, 2.75) is 6.10 Å². The second-order valence-electron chi connectivity index (χ2n) is 5.62. The molecule has 21 heavy (non-hydrogen) atoms. The first-order chi connectivity index (χ1) is 9.97. The lowest BCUT2D eigenvalue weighted by molar-refractivity contribution is 0.0841. The molecule has 0 aliphatic rings. The van der Waals surface area contributed by atoms with Crippen LogP contribution in [0.5, 0.6) is 5.75 Å². The minimum atomic E-state index is -0.545. The van der Waals surface area contributed by atoms with Crippen LogP contribution in [0.15, 0.2) is 54.6 Å². The number of rotatable bonds is 6. The third-order valence-corrected chi connectivity index (χ3v) is 3.63. The number of hydrogen-bond donors (Lipinski definition) is 1. The van der Waals surface area contributed by atoms with Crippen molar-refractivity contribution in [3.8, 4) is 5.75 Å². The van der Waals surface area contributed by atoms with Gasteiger partial charge in [-0.3, -0.25) is 4.48 Å². The number of likely N-dealkylation sites (N-methyl/N-ethyl adjacent to an activating group) is 1. The Balaban J connectivity index is 1.91. The predicted octanol–water partition coefficient (Wildman–Crippen LogP) is 3.35. The third kappa shape index (κ3) is 4.74. The molecule has 0 aliphatic carbocycles. The second kappa shape index (κ2) is 6.94. The maximum Gasteiger partial charge on any atom is 0.137 e. The Bertz CT molecular complexity index is 555. The molecule has 0 spiro atoms. The van der Waals surface area contributed by atoms with Gasteiger partial charge >= 0.3 is 0 Å². The molecule has 0 radical (unpaired) electrons. The summed E-state index contributed by atoms with van der Waals surface area (Å²) in [5, 5.41) is 10.9. The molecule has 1 unspecified atom stereocenters. The molecular weight excluding hydrogens is 286 g/mol. The van der Waals surface area contributed by atoms with Gasteiger partial charge in [0.15, 0.2) is 0 Å². The van der Waals surface area contributed by atoms with Crippen LogP contribution in [0.1, 0.15) is 0 Å². The highest BCUT2D eigenvalue weighted by atomic mass is 35.5. The highest BCUT2D eigenvalue weighted by Gasteiger charge is 2.23. The summed E-state index contributed by atoms with van der Waals surface area (Å²) in [7, 11) is 4.10. The van der Waals surface area contributed by atoms with E-state index in [0.29, 0.717) is 16.1 Å². The van der Waals surface area contributed by atoms with E-state index in [9.17, 15) is 5.11 Å². The molecule has 0 heterocycles. The van der Waals surface area contributed by atoms with E-state index in [1.54, 1.807) is 0 Å². The molecule has 112 valence electrons. The zero-order chi connectivity index (χ0) is 15.3. The van der Waals surface area contributed by atoms with E-state index in [1.807, 2.05) is 54.6 Å². The van der Waals surface area contributed by atoms with E-state index in [-0.39, 0.29) is 6.61 Å². The Morgan fingerprint density at radius 2 is 1.67 bits per heavy atom. The molecule has 0 bridgehead atoms. The number of aliphatic hydroxyl groups excluding tert-OH is 1. The summed E-state index contributed by atoms with van der Waals surface area (Å²) >= 11 is 5.91. The SMILES string of the molecule is C[N+](C)(CC(O)COc1ccccc1)c1ccc(Cl)cc1. The van der Waals surface area contributed by atoms with E-state index in [1.165, 1.54) is 0 Å². The summed E-state index contributed by atoms with van der Waals surface area (Å²) in [4.78, 5) is 0. The summed E-state index contributed by atoms with van der Waals surface area (Å²) in [5.41, 5.74) is 1.10. The molecule has 0 saturated carbocycles. The van der Waals surface area contributed by atoms with Crippen molar-refractivity contribution in [2.24, 2.45) is 0 Å². The second-order valence-corrected chi connectivity index (χ2v) is 6.06. The fourth-order valence-electron chi connectivity index (χ4n) is 2.24. The molecule has 1 N–H and O–H groups in total. The lowest BCUT2D eigenvalue weighted by Crippen LogP contribution is -2.47. The Labute approximate surface area is 130 Å². The summed E-state index contributed by atoms with van der Waals surface area (Å²) in [6.45, 7) is 0.841. The van der Waals surface area contributed by atoms with Crippen LogP contribution in [0.25, 0.3) is 0 Å².